The van der Waals surface area contributed by atoms with E-state index in [9.17, 15) is 14.9 Å². The van der Waals surface area contributed by atoms with Gasteiger partial charge in [-0.05, 0) is 25.7 Å². The summed E-state index contributed by atoms with van der Waals surface area (Å²) in [7, 11) is 1.63. The van der Waals surface area contributed by atoms with Crippen LogP contribution in [0.3, 0.4) is 0 Å². The van der Waals surface area contributed by atoms with Gasteiger partial charge >= 0.3 is 0 Å². The number of amides is 1. The van der Waals surface area contributed by atoms with Gasteiger partial charge in [-0.25, -0.2) is 0 Å². The van der Waals surface area contributed by atoms with Gasteiger partial charge in [0.05, 0.1) is 11.1 Å². The number of hydrogen-bond acceptors (Lipinski definition) is 4. The minimum Gasteiger partial charge on any atom is -0.396 e. The van der Waals surface area contributed by atoms with Crippen LogP contribution in [0.25, 0.3) is 0 Å². The van der Waals surface area contributed by atoms with Crippen LogP contribution < -0.4 is 0 Å². The molecule has 0 radical (unpaired) electrons. The highest BCUT2D eigenvalue weighted by Crippen LogP contribution is 2.27. The number of aryl methyl sites for hydroxylation is 1. The van der Waals surface area contributed by atoms with Crippen molar-refractivity contribution in [3.63, 3.8) is 0 Å². The van der Waals surface area contributed by atoms with E-state index in [0.717, 1.165) is 19.3 Å². The zero-order valence-corrected chi connectivity index (χ0v) is 11.5. The maximum atomic E-state index is 12.5. The van der Waals surface area contributed by atoms with Crippen LogP contribution in [0.4, 0.5) is 5.69 Å². The largest absolute Gasteiger partial charge is 0.396 e. The second-order valence-corrected chi connectivity index (χ2v) is 5.11. The summed E-state index contributed by atoms with van der Waals surface area (Å²) in [4.78, 5) is 24.5. The minimum absolute atomic E-state index is 0.0315. The molecule has 1 aromatic heterocycles. The molecule has 0 aliphatic heterocycles. The number of rotatable bonds is 6. The molecule has 1 amide bonds. The molecule has 1 fully saturated rings. The predicted molar refractivity (Wildman–Crippen MR) is 72.4 cm³/mol. The van der Waals surface area contributed by atoms with Gasteiger partial charge in [0.2, 0.25) is 0 Å². The molecule has 1 saturated carbocycles. The smallest absolute Gasteiger partial charge is 0.287 e. The Morgan fingerprint density at radius 3 is 2.75 bits per heavy atom. The fourth-order valence-electron chi connectivity index (χ4n) is 2.40. The third kappa shape index (κ3) is 2.82. The molecule has 0 spiro atoms. The van der Waals surface area contributed by atoms with Crippen molar-refractivity contribution in [1.82, 2.24) is 9.47 Å². The van der Waals surface area contributed by atoms with Crippen LogP contribution in [0.5, 0.6) is 0 Å². The van der Waals surface area contributed by atoms with Crippen molar-refractivity contribution in [2.75, 3.05) is 13.2 Å². The average Bonchev–Trinajstić information content (AvgIpc) is 2.73. The van der Waals surface area contributed by atoms with E-state index >= 15 is 0 Å². The van der Waals surface area contributed by atoms with Gasteiger partial charge in [0.25, 0.3) is 11.6 Å². The topological polar surface area (TPSA) is 88.6 Å². The fraction of sp³-hybridized carbons (Fsp3) is 0.615. The molecule has 1 aliphatic rings. The molecule has 1 aromatic rings. The van der Waals surface area contributed by atoms with Crippen molar-refractivity contribution in [3.8, 4) is 0 Å². The summed E-state index contributed by atoms with van der Waals surface area (Å²) in [6.45, 7) is 0.517. The van der Waals surface area contributed by atoms with Crippen molar-refractivity contribution >= 4 is 11.6 Å². The van der Waals surface area contributed by atoms with Gasteiger partial charge in [-0.2, -0.15) is 0 Å². The second-order valence-electron chi connectivity index (χ2n) is 5.11. The average molecular weight is 281 g/mol. The van der Waals surface area contributed by atoms with Gasteiger partial charge in [0.15, 0.2) is 0 Å². The van der Waals surface area contributed by atoms with Gasteiger partial charge in [-0.3, -0.25) is 14.9 Å². The Balaban J connectivity index is 2.19. The lowest BCUT2D eigenvalue weighted by Gasteiger charge is -2.37. The first-order valence-electron chi connectivity index (χ1n) is 6.77. The lowest BCUT2D eigenvalue weighted by atomic mass is 9.91. The normalized spacial score (nSPS) is 14.9. The van der Waals surface area contributed by atoms with E-state index in [-0.39, 0.29) is 24.2 Å². The number of aliphatic hydroxyl groups is 1. The summed E-state index contributed by atoms with van der Waals surface area (Å²) >= 11 is 0. The van der Waals surface area contributed by atoms with E-state index < -0.39 is 4.92 Å². The molecule has 1 heterocycles. The summed E-state index contributed by atoms with van der Waals surface area (Å²) in [5.74, 6) is -0.196. The van der Waals surface area contributed by atoms with E-state index in [1.54, 1.807) is 11.9 Å². The van der Waals surface area contributed by atoms with Crippen LogP contribution in [0.2, 0.25) is 0 Å². The minimum atomic E-state index is -0.502. The van der Waals surface area contributed by atoms with E-state index in [4.69, 9.17) is 5.11 Å². The van der Waals surface area contributed by atoms with E-state index in [1.807, 2.05) is 0 Å². The summed E-state index contributed by atoms with van der Waals surface area (Å²) < 4.78 is 1.49. The van der Waals surface area contributed by atoms with Crippen molar-refractivity contribution in [2.45, 2.75) is 31.7 Å². The van der Waals surface area contributed by atoms with Gasteiger partial charge in [0.1, 0.15) is 5.69 Å². The molecular formula is C13H19N3O4. The third-order valence-electron chi connectivity index (χ3n) is 3.75. The fourth-order valence-corrected chi connectivity index (χ4v) is 2.40. The highest BCUT2D eigenvalue weighted by molar-refractivity contribution is 5.93. The highest BCUT2D eigenvalue weighted by atomic mass is 16.6. The molecular weight excluding hydrogens is 262 g/mol. The Bertz CT molecular complexity index is 508. The first-order chi connectivity index (χ1) is 9.54. The predicted octanol–water partition coefficient (Wildman–Crippen LogP) is 1.31. The molecule has 7 heteroatoms. The van der Waals surface area contributed by atoms with Crippen molar-refractivity contribution < 1.29 is 14.8 Å². The SMILES string of the molecule is Cn1cc([N+](=O)[O-])cc1C(=O)N(CCCO)C1CCC1. The molecule has 110 valence electrons. The van der Waals surface area contributed by atoms with Crippen LogP contribution in [-0.2, 0) is 7.05 Å². The van der Waals surface area contributed by atoms with Crippen LogP contribution in [0.1, 0.15) is 36.2 Å². The van der Waals surface area contributed by atoms with Crippen molar-refractivity contribution in [1.29, 1.82) is 0 Å². The number of carbonyl (C=O) groups excluding carboxylic acids is 1. The zero-order chi connectivity index (χ0) is 14.7. The summed E-state index contributed by atoms with van der Waals surface area (Å²) in [5.41, 5.74) is 0.244. The number of aliphatic hydroxyl groups excluding tert-OH is 1. The molecule has 0 saturated heterocycles. The number of nitro groups is 1. The number of aromatic nitrogens is 1. The lowest BCUT2D eigenvalue weighted by Crippen LogP contribution is -2.45. The van der Waals surface area contributed by atoms with E-state index in [2.05, 4.69) is 0 Å². The quantitative estimate of drug-likeness (QED) is 0.629. The van der Waals surface area contributed by atoms with Crippen molar-refractivity contribution in [2.24, 2.45) is 7.05 Å². The summed E-state index contributed by atoms with van der Waals surface area (Å²) in [6, 6.07) is 1.51. The Kier molecular flexibility index (Phi) is 4.39. The third-order valence-corrected chi connectivity index (χ3v) is 3.75. The molecule has 1 N–H and O–H groups in total. The monoisotopic (exact) mass is 281 g/mol. The molecule has 20 heavy (non-hydrogen) atoms. The molecule has 0 unspecified atom stereocenters. The van der Waals surface area contributed by atoms with Gasteiger partial charge in [-0.1, -0.05) is 0 Å². The van der Waals surface area contributed by atoms with Crippen LogP contribution in [0, 0.1) is 10.1 Å². The number of nitrogens with zero attached hydrogens (tertiary/aromatic N) is 3. The molecule has 2 rings (SSSR count). The van der Waals surface area contributed by atoms with E-state index in [0.29, 0.717) is 18.7 Å². The molecule has 0 aromatic carbocycles. The molecule has 0 atom stereocenters. The van der Waals surface area contributed by atoms with E-state index in [1.165, 1.54) is 16.8 Å². The first kappa shape index (κ1) is 14.5. The Hall–Kier alpha value is -1.89. The molecule has 0 bridgehead atoms. The second kappa shape index (κ2) is 6.04. The first-order valence-corrected chi connectivity index (χ1v) is 6.77. The van der Waals surface area contributed by atoms with Gasteiger partial charge in [-0.15, -0.1) is 0 Å². The van der Waals surface area contributed by atoms with Crippen LogP contribution in [0.15, 0.2) is 12.3 Å². The summed E-state index contributed by atoms with van der Waals surface area (Å²) in [6.07, 6.45) is 4.89. The maximum absolute atomic E-state index is 12.5. The molecule has 1 aliphatic carbocycles. The molecule has 7 nitrogen and oxygen atoms in total. The lowest BCUT2D eigenvalue weighted by molar-refractivity contribution is -0.384. The van der Waals surface area contributed by atoms with Gasteiger partial charge in [0, 0.05) is 32.3 Å². The van der Waals surface area contributed by atoms with Crippen LogP contribution >= 0.6 is 0 Å². The number of hydrogen-bond donors (Lipinski definition) is 1. The Labute approximate surface area is 116 Å². The Morgan fingerprint density at radius 1 is 1.60 bits per heavy atom. The maximum Gasteiger partial charge on any atom is 0.287 e. The van der Waals surface area contributed by atoms with Gasteiger partial charge < -0.3 is 14.6 Å². The standard InChI is InChI=1S/C13H19N3O4/c1-14-9-11(16(19)20)8-12(14)13(18)15(6-3-7-17)10-4-2-5-10/h8-10,17H,2-7H2,1H3. The zero-order valence-electron chi connectivity index (χ0n) is 11.5. The summed E-state index contributed by atoms with van der Waals surface area (Å²) in [5, 5.41) is 19.7. The van der Waals surface area contributed by atoms with Crippen LogP contribution in [-0.4, -0.2) is 44.6 Å². The Morgan fingerprint density at radius 2 is 2.30 bits per heavy atom. The van der Waals surface area contributed by atoms with Crippen molar-refractivity contribution in [3.05, 3.63) is 28.1 Å². The number of carbonyl (C=O) groups is 1. The highest BCUT2D eigenvalue weighted by Gasteiger charge is 2.31.